The summed E-state index contributed by atoms with van der Waals surface area (Å²) in [5.41, 5.74) is 1.86. The van der Waals surface area contributed by atoms with Crippen LogP contribution >= 0.6 is 0 Å². The first-order chi connectivity index (χ1) is 13.6. The molecule has 0 aromatic heterocycles. The smallest absolute Gasteiger partial charge is 0.337 e. The average Bonchev–Trinajstić information content (AvgIpc) is 2.73. The highest BCUT2D eigenvalue weighted by atomic mass is 16.5. The highest BCUT2D eigenvalue weighted by Crippen LogP contribution is 2.29. The molecule has 1 fully saturated rings. The van der Waals surface area contributed by atoms with Gasteiger partial charge in [-0.05, 0) is 50.1 Å². The third kappa shape index (κ3) is 5.10. The molecule has 3 rings (SSSR count). The van der Waals surface area contributed by atoms with Crippen LogP contribution in [0.5, 0.6) is 5.75 Å². The molecule has 0 spiro atoms. The van der Waals surface area contributed by atoms with Crippen LogP contribution in [0.1, 0.15) is 35.7 Å². The molecule has 0 unspecified atom stereocenters. The van der Waals surface area contributed by atoms with E-state index in [1.807, 2.05) is 30.3 Å². The molecular weight excluding hydrogens is 356 g/mol. The summed E-state index contributed by atoms with van der Waals surface area (Å²) in [5, 5.41) is 6.30. The molecule has 1 aliphatic rings. The van der Waals surface area contributed by atoms with Crippen LogP contribution in [-0.4, -0.2) is 31.6 Å². The molecule has 0 aliphatic carbocycles. The minimum atomic E-state index is -0.458. The third-order valence-electron chi connectivity index (χ3n) is 4.89. The lowest BCUT2D eigenvalue weighted by molar-refractivity contribution is -0.120. The van der Waals surface area contributed by atoms with Gasteiger partial charge in [0.1, 0.15) is 12.4 Å². The lowest BCUT2D eigenvalue weighted by atomic mass is 9.92. The summed E-state index contributed by atoms with van der Waals surface area (Å²) in [6.07, 6.45) is 1.57. The number of nitrogens with one attached hydrogen (secondary N) is 2. The van der Waals surface area contributed by atoms with E-state index in [4.69, 9.17) is 9.47 Å². The van der Waals surface area contributed by atoms with Crippen molar-refractivity contribution in [3.8, 4) is 5.75 Å². The molecule has 2 N–H and O–H groups in total. The highest BCUT2D eigenvalue weighted by Gasteiger charge is 2.25. The Bertz CT molecular complexity index is 823. The molecule has 0 radical (unpaired) electrons. The van der Waals surface area contributed by atoms with Crippen molar-refractivity contribution >= 4 is 17.6 Å². The summed E-state index contributed by atoms with van der Waals surface area (Å²) in [6.45, 7) is 3.26. The van der Waals surface area contributed by atoms with Crippen molar-refractivity contribution in [3.63, 3.8) is 0 Å². The van der Waals surface area contributed by atoms with Crippen molar-refractivity contribution in [2.45, 2.75) is 32.4 Å². The van der Waals surface area contributed by atoms with Crippen LogP contribution in [0.4, 0.5) is 5.69 Å². The Balaban J connectivity index is 1.78. The van der Waals surface area contributed by atoms with Crippen molar-refractivity contribution in [2.24, 2.45) is 5.92 Å². The molecular formula is C22H26N2O4. The number of esters is 1. The zero-order valence-corrected chi connectivity index (χ0v) is 16.2. The van der Waals surface area contributed by atoms with Crippen LogP contribution in [0.2, 0.25) is 0 Å². The van der Waals surface area contributed by atoms with Crippen LogP contribution in [0.15, 0.2) is 48.5 Å². The Morgan fingerprint density at radius 3 is 2.68 bits per heavy atom. The molecule has 2 aromatic carbocycles. The summed E-state index contributed by atoms with van der Waals surface area (Å²) in [4.78, 5) is 24.7. The van der Waals surface area contributed by atoms with E-state index in [2.05, 4.69) is 17.6 Å². The first-order valence-corrected chi connectivity index (χ1v) is 9.50. The Morgan fingerprint density at radius 1 is 1.18 bits per heavy atom. The van der Waals surface area contributed by atoms with Gasteiger partial charge in [0.15, 0.2) is 0 Å². The van der Waals surface area contributed by atoms with Crippen LogP contribution in [-0.2, 0) is 16.1 Å². The molecule has 6 nitrogen and oxygen atoms in total. The van der Waals surface area contributed by atoms with Crippen molar-refractivity contribution in [2.75, 3.05) is 19.0 Å². The minimum absolute atomic E-state index is 0.0556. The lowest BCUT2D eigenvalue weighted by Crippen LogP contribution is -2.40. The molecule has 148 valence electrons. The van der Waals surface area contributed by atoms with E-state index in [9.17, 15) is 9.59 Å². The number of rotatable bonds is 6. The average molecular weight is 382 g/mol. The van der Waals surface area contributed by atoms with Gasteiger partial charge in [-0.15, -0.1) is 0 Å². The molecule has 1 saturated heterocycles. The normalized spacial score (nSPS) is 18.9. The first kappa shape index (κ1) is 19.9. The minimum Gasteiger partial charge on any atom is -0.487 e. The fourth-order valence-corrected chi connectivity index (χ4v) is 3.34. The van der Waals surface area contributed by atoms with E-state index >= 15 is 0 Å². The molecule has 1 heterocycles. The van der Waals surface area contributed by atoms with E-state index in [0.29, 0.717) is 29.6 Å². The number of anilines is 1. The number of methoxy groups -OCH3 is 1. The molecule has 2 aromatic rings. The SMILES string of the molecule is COC(=O)c1ccc(OCc2ccccc2)c(NC(=O)[C@H]2CCN[C@@H](C)C2)c1. The predicted octanol–water partition coefficient (Wildman–Crippen LogP) is 3.38. The Morgan fingerprint density at radius 2 is 1.96 bits per heavy atom. The molecule has 0 bridgehead atoms. The number of ether oxygens (including phenoxy) is 2. The number of amides is 1. The van der Waals surface area contributed by atoms with Gasteiger partial charge in [0.05, 0.1) is 18.4 Å². The number of piperidine rings is 1. The lowest BCUT2D eigenvalue weighted by Gasteiger charge is -2.27. The molecule has 1 amide bonds. The van der Waals surface area contributed by atoms with E-state index in [1.54, 1.807) is 18.2 Å². The van der Waals surface area contributed by atoms with Crippen molar-refractivity contribution in [3.05, 3.63) is 59.7 Å². The fraction of sp³-hybridized carbons (Fsp3) is 0.364. The van der Waals surface area contributed by atoms with E-state index in [1.165, 1.54) is 7.11 Å². The van der Waals surface area contributed by atoms with Crippen LogP contribution in [0.25, 0.3) is 0 Å². The Kier molecular flexibility index (Phi) is 6.66. The van der Waals surface area contributed by atoms with Crippen LogP contribution < -0.4 is 15.4 Å². The van der Waals surface area contributed by atoms with Crippen molar-refractivity contribution < 1.29 is 19.1 Å². The molecule has 0 saturated carbocycles. The maximum absolute atomic E-state index is 12.8. The molecule has 1 aliphatic heterocycles. The monoisotopic (exact) mass is 382 g/mol. The van der Waals surface area contributed by atoms with Gasteiger partial charge >= 0.3 is 5.97 Å². The third-order valence-corrected chi connectivity index (χ3v) is 4.89. The number of carbonyl (C=O) groups is 2. The second kappa shape index (κ2) is 9.37. The standard InChI is InChI=1S/C22H26N2O4/c1-15-12-17(10-11-23-15)21(25)24-19-13-18(22(26)27-2)8-9-20(19)28-14-16-6-4-3-5-7-16/h3-9,13,15,17,23H,10-12,14H2,1-2H3,(H,24,25)/t15-,17-/m0/s1. The summed E-state index contributed by atoms with van der Waals surface area (Å²) in [5.74, 6) is -0.0626. The second-order valence-corrected chi connectivity index (χ2v) is 7.04. The van der Waals surface area contributed by atoms with E-state index in [0.717, 1.165) is 24.9 Å². The highest BCUT2D eigenvalue weighted by molar-refractivity contribution is 5.97. The zero-order chi connectivity index (χ0) is 19.9. The van der Waals surface area contributed by atoms with Gasteiger partial charge in [-0.1, -0.05) is 30.3 Å². The summed E-state index contributed by atoms with van der Waals surface area (Å²) in [7, 11) is 1.33. The molecule has 6 heteroatoms. The summed E-state index contributed by atoms with van der Waals surface area (Å²) in [6, 6.07) is 15.0. The number of carbonyl (C=O) groups excluding carboxylic acids is 2. The van der Waals surface area contributed by atoms with Gasteiger partial charge in [-0.25, -0.2) is 4.79 Å². The predicted molar refractivity (Wildman–Crippen MR) is 107 cm³/mol. The Labute approximate surface area is 165 Å². The van der Waals surface area contributed by atoms with Crippen molar-refractivity contribution in [1.29, 1.82) is 0 Å². The van der Waals surface area contributed by atoms with E-state index < -0.39 is 5.97 Å². The second-order valence-electron chi connectivity index (χ2n) is 7.04. The topological polar surface area (TPSA) is 76.7 Å². The van der Waals surface area contributed by atoms with Crippen LogP contribution in [0, 0.1) is 5.92 Å². The Hall–Kier alpha value is -2.86. The van der Waals surface area contributed by atoms with Gasteiger partial charge in [0, 0.05) is 12.0 Å². The van der Waals surface area contributed by atoms with Gasteiger partial charge in [0.25, 0.3) is 0 Å². The first-order valence-electron chi connectivity index (χ1n) is 9.50. The number of hydrogen-bond donors (Lipinski definition) is 2. The number of benzene rings is 2. The number of hydrogen-bond acceptors (Lipinski definition) is 5. The van der Waals surface area contributed by atoms with Gasteiger partial charge in [-0.3, -0.25) is 4.79 Å². The summed E-state index contributed by atoms with van der Waals surface area (Å²) < 4.78 is 10.7. The summed E-state index contributed by atoms with van der Waals surface area (Å²) >= 11 is 0. The van der Waals surface area contributed by atoms with Crippen LogP contribution in [0.3, 0.4) is 0 Å². The quantitative estimate of drug-likeness (QED) is 0.749. The maximum atomic E-state index is 12.8. The fourth-order valence-electron chi connectivity index (χ4n) is 3.34. The van der Waals surface area contributed by atoms with Gasteiger partial charge in [0.2, 0.25) is 5.91 Å². The molecule has 2 atom stereocenters. The van der Waals surface area contributed by atoms with Crippen molar-refractivity contribution in [1.82, 2.24) is 5.32 Å². The maximum Gasteiger partial charge on any atom is 0.337 e. The van der Waals surface area contributed by atoms with E-state index in [-0.39, 0.29) is 11.8 Å². The zero-order valence-electron chi connectivity index (χ0n) is 16.2. The van der Waals surface area contributed by atoms with Gasteiger partial charge in [-0.2, -0.15) is 0 Å². The largest absolute Gasteiger partial charge is 0.487 e. The molecule has 28 heavy (non-hydrogen) atoms. The van der Waals surface area contributed by atoms with Gasteiger partial charge < -0.3 is 20.1 Å².